The van der Waals surface area contributed by atoms with E-state index < -0.39 is 11.5 Å². The molecule has 0 aliphatic carbocycles. The van der Waals surface area contributed by atoms with Crippen LogP contribution in [0.2, 0.25) is 0 Å². The Balaban J connectivity index is 1.51. The van der Waals surface area contributed by atoms with Crippen LogP contribution in [0.5, 0.6) is 5.75 Å². The van der Waals surface area contributed by atoms with Crippen LogP contribution in [-0.4, -0.2) is 53.8 Å². The van der Waals surface area contributed by atoms with Crippen molar-refractivity contribution < 1.29 is 19.1 Å². The van der Waals surface area contributed by atoms with Crippen LogP contribution in [0.25, 0.3) is 0 Å². The molecule has 1 saturated heterocycles. The highest BCUT2D eigenvalue weighted by Gasteiger charge is 2.62. The number of ether oxygens (including phenoxy) is 1. The smallest absolute Gasteiger partial charge is 0.273 e. The Hall–Kier alpha value is -3.72. The van der Waals surface area contributed by atoms with Crippen molar-refractivity contribution in [2.45, 2.75) is 44.1 Å². The molecule has 2 aromatic carbocycles. The number of hydrogen-bond acceptors (Lipinski definition) is 6. The second-order valence-corrected chi connectivity index (χ2v) is 11.0. The number of carbonyl (C=O) groups excluding carboxylic acids is 3. The van der Waals surface area contributed by atoms with Gasteiger partial charge in [0.1, 0.15) is 23.4 Å². The maximum atomic E-state index is 14.4. The molecule has 3 aromatic rings. The molecular formula is C29H30N4O4S. The molecule has 3 amide bonds. The summed E-state index contributed by atoms with van der Waals surface area (Å²) < 4.78 is 6.00. The van der Waals surface area contributed by atoms with Crippen molar-refractivity contribution in [3.63, 3.8) is 0 Å². The number of hydrogen-bond donors (Lipinski definition) is 1. The fraction of sp³-hybridized carbons (Fsp3) is 0.379. The largest absolute Gasteiger partial charge is 0.494 e. The summed E-state index contributed by atoms with van der Waals surface area (Å²) in [5, 5.41) is 5.67. The average molecular weight is 531 g/mol. The molecule has 1 spiro atoms. The molecule has 1 aromatic heterocycles. The monoisotopic (exact) mass is 530 g/mol. The Kier molecular flexibility index (Phi) is 6.39. The molecule has 3 aliphatic rings. The molecule has 6 rings (SSSR count). The lowest BCUT2D eigenvalue weighted by Gasteiger charge is -2.35. The van der Waals surface area contributed by atoms with Gasteiger partial charge in [0, 0.05) is 24.2 Å². The molecule has 4 heterocycles. The fourth-order valence-electron chi connectivity index (χ4n) is 6.08. The van der Waals surface area contributed by atoms with Crippen LogP contribution < -0.4 is 15.0 Å². The number of rotatable bonds is 3. The van der Waals surface area contributed by atoms with Crippen LogP contribution in [-0.2, 0) is 21.4 Å². The molecule has 38 heavy (non-hydrogen) atoms. The highest BCUT2D eigenvalue weighted by Crippen LogP contribution is 2.57. The van der Waals surface area contributed by atoms with E-state index in [0.29, 0.717) is 44.0 Å². The number of amides is 3. The summed E-state index contributed by atoms with van der Waals surface area (Å²) in [6, 6.07) is 14.8. The van der Waals surface area contributed by atoms with E-state index in [9.17, 15) is 14.4 Å². The molecule has 1 N–H and O–H groups in total. The quantitative estimate of drug-likeness (QED) is 0.555. The number of fused-ring (bicyclic) bond motifs is 6. The minimum absolute atomic E-state index is 0.0639. The van der Waals surface area contributed by atoms with E-state index in [1.54, 1.807) is 9.80 Å². The number of para-hydroxylation sites is 1. The Labute approximate surface area is 225 Å². The third-order valence-electron chi connectivity index (χ3n) is 7.71. The van der Waals surface area contributed by atoms with E-state index in [0.717, 1.165) is 34.7 Å². The summed E-state index contributed by atoms with van der Waals surface area (Å²) in [5.74, 6) is 0.130. The molecule has 9 heteroatoms. The predicted octanol–water partition coefficient (Wildman–Crippen LogP) is 3.87. The molecule has 2 atom stereocenters. The molecule has 0 unspecified atom stereocenters. The summed E-state index contributed by atoms with van der Waals surface area (Å²) in [6.45, 7) is 3.34. The van der Waals surface area contributed by atoms with Gasteiger partial charge in [0.05, 0.1) is 17.7 Å². The van der Waals surface area contributed by atoms with Crippen molar-refractivity contribution in [2.75, 3.05) is 31.1 Å². The lowest BCUT2D eigenvalue weighted by Crippen LogP contribution is -2.48. The summed E-state index contributed by atoms with van der Waals surface area (Å²) in [5.41, 5.74) is 1.82. The van der Waals surface area contributed by atoms with Crippen LogP contribution >= 0.6 is 11.3 Å². The number of aromatic nitrogens is 1. The lowest BCUT2D eigenvalue weighted by atomic mass is 9.72. The first-order chi connectivity index (χ1) is 18.5. The van der Waals surface area contributed by atoms with E-state index >= 15 is 0 Å². The van der Waals surface area contributed by atoms with Crippen molar-refractivity contribution in [3.05, 3.63) is 75.7 Å². The second-order valence-electron chi connectivity index (χ2n) is 10.0. The molecule has 0 saturated carbocycles. The number of aryl methyl sites for hydroxylation is 1. The van der Waals surface area contributed by atoms with Gasteiger partial charge in [0.15, 0.2) is 0 Å². The third kappa shape index (κ3) is 3.96. The van der Waals surface area contributed by atoms with Gasteiger partial charge in [-0.25, -0.2) is 4.98 Å². The number of carbonyl (C=O) groups is 3. The number of thiazole rings is 1. The Morgan fingerprint density at radius 1 is 1.21 bits per heavy atom. The van der Waals surface area contributed by atoms with E-state index in [1.165, 1.54) is 11.3 Å². The standard InChI is InChI=1S/C29H30N4O4S/c1-2-7-25-31-22(18-38-25)27(35)32-14-12-29-21-10-3-4-11-23(21)33(28(29)36)17-24(34)30-13-6-15-37-20-9-5-8-19(16-20)26(29)32/h3-5,8-11,16,18,26H,2,6-7,12-15,17H2,1H3,(H,30,34)/t26-,29+/m0/s1. The first-order valence-corrected chi connectivity index (χ1v) is 14.1. The summed E-state index contributed by atoms with van der Waals surface area (Å²) in [4.78, 5) is 49.3. The van der Waals surface area contributed by atoms with Crippen molar-refractivity contribution in [2.24, 2.45) is 0 Å². The molecular weight excluding hydrogens is 500 g/mol. The zero-order chi connectivity index (χ0) is 26.3. The van der Waals surface area contributed by atoms with Gasteiger partial charge in [-0.2, -0.15) is 0 Å². The minimum Gasteiger partial charge on any atom is -0.494 e. The molecule has 3 aliphatic heterocycles. The van der Waals surface area contributed by atoms with Gasteiger partial charge >= 0.3 is 0 Å². The van der Waals surface area contributed by atoms with Gasteiger partial charge in [-0.15, -0.1) is 11.3 Å². The summed E-state index contributed by atoms with van der Waals surface area (Å²) in [7, 11) is 0. The normalized spacial score (nSPS) is 22.8. The Morgan fingerprint density at radius 3 is 2.95 bits per heavy atom. The number of benzene rings is 2. The molecule has 0 radical (unpaired) electrons. The van der Waals surface area contributed by atoms with E-state index in [1.807, 2.05) is 53.9 Å². The van der Waals surface area contributed by atoms with Crippen molar-refractivity contribution in [1.82, 2.24) is 15.2 Å². The van der Waals surface area contributed by atoms with Gasteiger partial charge in [0.2, 0.25) is 11.8 Å². The maximum Gasteiger partial charge on any atom is 0.273 e. The third-order valence-corrected chi connectivity index (χ3v) is 8.62. The first-order valence-electron chi connectivity index (χ1n) is 13.2. The number of nitrogens with zero attached hydrogens (tertiary/aromatic N) is 3. The molecule has 1 fully saturated rings. The lowest BCUT2D eigenvalue weighted by molar-refractivity contribution is -0.127. The number of anilines is 1. The van der Waals surface area contributed by atoms with Gasteiger partial charge in [0.25, 0.3) is 5.91 Å². The first kappa shape index (κ1) is 24.6. The van der Waals surface area contributed by atoms with E-state index in [-0.39, 0.29) is 24.3 Å². The highest BCUT2D eigenvalue weighted by molar-refractivity contribution is 7.09. The van der Waals surface area contributed by atoms with Gasteiger partial charge in [-0.1, -0.05) is 37.3 Å². The number of likely N-dealkylation sites (tertiary alicyclic amines) is 1. The summed E-state index contributed by atoms with van der Waals surface area (Å²) in [6.07, 6.45) is 2.88. The van der Waals surface area contributed by atoms with Crippen molar-refractivity contribution >= 4 is 34.7 Å². The Morgan fingerprint density at radius 2 is 2.08 bits per heavy atom. The average Bonchev–Trinajstić information content (AvgIpc) is 3.62. The summed E-state index contributed by atoms with van der Waals surface area (Å²) >= 11 is 1.50. The van der Waals surface area contributed by atoms with Gasteiger partial charge in [-0.05, 0) is 55.0 Å². The van der Waals surface area contributed by atoms with Crippen LogP contribution in [0.1, 0.15) is 58.9 Å². The Bertz CT molecular complexity index is 1400. The zero-order valence-electron chi connectivity index (χ0n) is 21.3. The van der Waals surface area contributed by atoms with Crippen LogP contribution in [0.4, 0.5) is 5.69 Å². The number of nitrogens with one attached hydrogen (secondary N) is 1. The molecule has 196 valence electrons. The topological polar surface area (TPSA) is 91.8 Å². The van der Waals surface area contributed by atoms with Crippen LogP contribution in [0.3, 0.4) is 0 Å². The van der Waals surface area contributed by atoms with E-state index in [4.69, 9.17) is 4.74 Å². The minimum atomic E-state index is -1.02. The fourth-order valence-corrected chi connectivity index (χ4v) is 6.95. The zero-order valence-corrected chi connectivity index (χ0v) is 22.1. The van der Waals surface area contributed by atoms with Gasteiger partial charge < -0.3 is 19.9 Å². The molecule has 4 bridgehead atoms. The van der Waals surface area contributed by atoms with Crippen molar-refractivity contribution in [1.29, 1.82) is 0 Å². The maximum absolute atomic E-state index is 14.4. The molecule has 8 nitrogen and oxygen atoms in total. The van der Waals surface area contributed by atoms with Crippen LogP contribution in [0.15, 0.2) is 53.9 Å². The van der Waals surface area contributed by atoms with Crippen LogP contribution in [0, 0.1) is 0 Å². The van der Waals surface area contributed by atoms with E-state index in [2.05, 4.69) is 17.2 Å². The highest BCUT2D eigenvalue weighted by atomic mass is 32.1. The second kappa shape index (κ2) is 9.87. The van der Waals surface area contributed by atoms with Gasteiger partial charge in [-0.3, -0.25) is 14.4 Å². The SMILES string of the molecule is CCCc1nc(C(=O)N2CC[C@]34C(=O)N(CC(=O)NCCCOc5cccc(c5)[C@H]23)c2ccccc24)cs1. The van der Waals surface area contributed by atoms with Crippen molar-refractivity contribution in [3.8, 4) is 5.75 Å². The predicted molar refractivity (Wildman–Crippen MR) is 145 cm³/mol.